The zero-order chi connectivity index (χ0) is 13.4. The number of hydrogen-bond donors (Lipinski definition) is 3. The molecule has 0 unspecified atom stereocenters. The zero-order valence-electron chi connectivity index (χ0n) is 10.5. The van der Waals surface area contributed by atoms with Crippen LogP contribution in [-0.4, -0.2) is 40.8 Å². The van der Waals surface area contributed by atoms with Gasteiger partial charge in [0.2, 0.25) is 0 Å². The van der Waals surface area contributed by atoms with Crippen molar-refractivity contribution in [1.29, 1.82) is 0 Å². The van der Waals surface area contributed by atoms with Crippen molar-refractivity contribution < 1.29 is 15.0 Å². The summed E-state index contributed by atoms with van der Waals surface area (Å²) in [6.45, 7) is 2.98. The fraction of sp³-hybridized carbons (Fsp3) is 0.462. The molecular weight excluding hydrogens is 250 g/mol. The summed E-state index contributed by atoms with van der Waals surface area (Å²) < 4.78 is 0. The van der Waals surface area contributed by atoms with Crippen molar-refractivity contribution in [1.82, 2.24) is 0 Å². The number of aliphatic hydroxyl groups is 1. The second kappa shape index (κ2) is 8.00. The molecule has 100 valence electrons. The van der Waals surface area contributed by atoms with Crippen molar-refractivity contribution in [2.24, 2.45) is 0 Å². The van der Waals surface area contributed by atoms with E-state index < -0.39 is 5.97 Å². The van der Waals surface area contributed by atoms with Gasteiger partial charge in [-0.05, 0) is 42.9 Å². The van der Waals surface area contributed by atoms with E-state index in [1.165, 1.54) is 0 Å². The van der Waals surface area contributed by atoms with Gasteiger partial charge in [-0.2, -0.15) is 11.8 Å². The summed E-state index contributed by atoms with van der Waals surface area (Å²) >= 11 is 1.79. The summed E-state index contributed by atoms with van der Waals surface area (Å²) in [4.78, 5) is 10.8. The third-order valence-electron chi connectivity index (χ3n) is 2.48. The van der Waals surface area contributed by atoms with E-state index in [2.05, 4.69) is 5.32 Å². The summed E-state index contributed by atoms with van der Waals surface area (Å²) in [5.74, 6) is 1.04. The molecule has 0 aliphatic heterocycles. The van der Waals surface area contributed by atoms with Crippen LogP contribution >= 0.6 is 11.8 Å². The van der Waals surface area contributed by atoms with Gasteiger partial charge >= 0.3 is 5.97 Å². The van der Waals surface area contributed by atoms with E-state index in [-0.39, 0.29) is 6.61 Å². The molecule has 0 amide bonds. The summed E-state index contributed by atoms with van der Waals surface area (Å²) in [6.07, 6.45) is 0.830. The lowest BCUT2D eigenvalue weighted by Crippen LogP contribution is -2.07. The first-order chi connectivity index (χ1) is 8.65. The van der Waals surface area contributed by atoms with Gasteiger partial charge in [0, 0.05) is 24.6 Å². The van der Waals surface area contributed by atoms with Gasteiger partial charge in [0.1, 0.15) is 0 Å². The molecule has 0 radical (unpaired) electrons. The lowest BCUT2D eigenvalue weighted by Gasteiger charge is -2.10. The first kappa shape index (κ1) is 14.9. The average molecular weight is 269 g/mol. The van der Waals surface area contributed by atoms with Crippen LogP contribution in [0.1, 0.15) is 22.3 Å². The third kappa shape index (κ3) is 4.98. The van der Waals surface area contributed by atoms with Crippen molar-refractivity contribution in [2.75, 3.05) is 30.0 Å². The number of thioether (sulfide) groups is 1. The van der Waals surface area contributed by atoms with E-state index >= 15 is 0 Å². The molecular formula is C13H19NO3S. The number of carboxylic acids is 1. The minimum Gasteiger partial charge on any atom is -0.478 e. The van der Waals surface area contributed by atoms with Crippen LogP contribution < -0.4 is 5.32 Å². The molecule has 0 spiro atoms. The van der Waals surface area contributed by atoms with Crippen LogP contribution in [0.3, 0.4) is 0 Å². The molecule has 18 heavy (non-hydrogen) atoms. The van der Waals surface area contributed by atoms with Crippen LogP contribution in [0.4, 0.5) is 5.69 Å². The molecule has 0 fully saturated rings. The molecule has 0 bridgehead atoms. The Morgan fingerprint density at radius 2 is 2.17 bits per heavy atom. The summed E-state index contributed by atoms with van der Waals surface area (Å²) in [5, 5.41) is 20.8. The van der Waals surface area contributed by atoms with Gasteiger partial charge in [-0.15, -0.1) is 0 Å². The normalized spacial score (nSPS) is 10.3. The maximum atomic E-state index is 10.8. The highest BCUT2D eigenvalue weighted by atomic mass is 32.2. The molecule has 1 aromatic carbocycles. The first-order valence-corrected chi connectivity index (χ1v) is 7.07. The van der Waals surface area contributed by atoms with Gasteiger partial charge in [0.25, 0.3) is 0 Å². The van der Waals surface area contributed by atoms with Gasteiger partial charge < -0.3 is 15.5 Å². The molecule has 0 saturated carbocycles. The number of aromatic carboxylic acids is 1. The standard InChI is InChI=1S/C13H19NO3S/c1-10-9-11(13(16)17)3-4-12(10)14-5-8-18-7-2-6-15/h3-4,9,14-15H,2,5-8H2,1H3,(H,16,17). The quantitative estimate of drug-likeness (QED) is 0.631. The number of nitrogens with one attached hydrogen (secondary N) is 1. The van der Waals surface area contributed by atoms with E-state index in [0.29, 0.717) is 5.56 Å². The van der Waals surface area contributed by atoms with E-state index in [9.17, 15) is 4.79 Å². The Balaban J connectivity index is 2.36. The molecule has 3 N–H and O–H groups in total. The molecule has 0 aliphatic rings. The van der Waals surface area contributed by atoms with Crippen molar-refractivity contribution in [3.63, 3.8) is 0 Å². The highest BCUT2D eigenvalue weighted by molar-refractivity contribution is 7.99. The van der Waals surface area contributed by atoms with Crippen LogP contribution in [0.2, 0.25) is 0 Å². The Morgan fingerprint density at radius 1 is 1.39 bits per heavy atom. The molecule has 0 aromatic heterocycles. The minimum atomic E-state index is -0.899. The van der Waals surface area contributed by atoms with E-state index in [1.807, 2.05) is 6.92 Å². The van der Waals surface area contributed by atoms with Crippen LogP contribution in [0.25, 0.3) is 0 Å². The Hall–Kier alpha value is -1.20. The molecule has 0 aliphatic carbocycles. The molecule has 0 atom stereocenters. The third-order valence-corrected chi connectivity index (χ3v) is 3.55. The second-order valence-electron chi connectivity index (χ2n) is 3.95. The minimum absolute atomic E-state index is 0.246. The Kier molecular flexibility index (Phi) is 6.60. The number of aryl methyl sites for hydroxylation is 1. The van der Waals surface area contributed by atoms with Crippen molar-refractivity contribution >= 4 is 23.4 Å². The number of benzene rings is 1. The van der Waals surface area contributed by atoms with Gasteiger partial charge in [0.15, 0.2) is 0 Å². The summed E-state index contributed by atoms with van der Waals surface area (Å²) in [6, 6.07) is 5.08. The zero-order valence-corrected chi connectivity index (χ0v) is 11.3. The number of carbonyl (C=O) groups is 1. The average Bonchev–Trinajstić information content (AvgIpc) is 2.35. The van der Waals surface area contributed by atoms with Crippen LogP contribution in [-0.2, 0) is 0 Å². The Labute approximate surface area is 111 Å². The molecule has 4 nitrogen and oxygen atoms in total. The predicted molar refractivity (Wildman–Crippen MR) is 75.7 cm³/mol. The number of anilines is 1. The van der Waals surface area contributed by atoms with E-state index in [0.717, 1.165) is 35.7 Å². The number of aliphatic hydroxyl groups excluding tert-OH is 1. The molecule has 5 heteroatoms. The van der Waals surface area contributed by atoms with Crippen molar-refractivity contribution in [3.05, 3.63) is 29.3 Å². The lowest BCUT2D eigenvalue weighted by atomic mass is 10.1. The largest absolute Gasteiger partial charge is 0.478 e. The first-order valence-electron chi connectivity index (χ1n) is 5.91. The Bertz CT molecular complexity index is 396. The van der Waals surface area contributed by atoms with Crippen LogP contribution in [0.5, 0.6) is 0 Å². The van der Waals surface area contributed by atoms with Crippen molar-refractivity contribution in [3.8, 4) is 0 Å². The van der Waals surface area contributed by atoms with Gasteiger partial charge in [-0.3, -0.25) is 0 Å². The Morgan fingerprint density at radius 3 is 2.78 bits per heavy atom. The summed E-state index contributed by atoms with van der Waals surface area (Å²) in [7, 11) is 0. The van der Waals surface area contributed by atoms with E-state index in [4.69, 9.17) is 10.2 Å². The maximum absolute atomic E-state index is 10.8. The lowest BCUT2D eigenvalue weighted by molar-refractivity contribution is 0.0697. The topological polar surface area (TPSA) is 69.6 Å². The summed E-state index contributed by atoms with van der Waals surface area (Å²) in [5.41, 5.74) is 2.23. The molecule has 1 aromatic rings. The fourth-order valence-corrected chi connectivity index (χ4v) is 2.31. The SMILES string of the molecule is Cc1cc(C(=O)O)ccc1NCCSCCCO. The monoisotopic (exact) mass is 269 g/mol. The number of carboxylic acid groups (broad SMARTS) is 1. The highest BCUT2D eigenvalue weighted by Gasteiger charge is 2.04. The van der Waals surface area contributed by atoms with Crippen molar-refractivity contribution in [2.45, 2.75) is 13.3 Å². The number of rotatable bonds is 8. The van der Waals surface area contributed by atoms with Crippen LogP contribution in [0.15, 0.2) is 18.2 Å². The van der Waals surface area contributed by atoms with Gasteiger partial charge in [0.05, 0.1) is 5.56 Å². The van der Waals surface area contributed by atoms with E-state index in [1.54, 1.807) is 30.0 Å². The highest BCUT2D eigenvalue weighted by Crippen LogP contribution is 2.16. The maximum Gasteiger partial charge on any atom is 0.335 e. The second-order valence-corrected chi connectivity index (χ2v) is 5.18. The van der Waals surface area contributed by atoms with Gasteiger partial charge in [-0.25, -0.2) is 4.79 Å². The molecule has 0 saturated heterocycles. The van der Waals surface area contributed by atoms with Gasteiger partial charge in [-0.1, -0.05) is 0 Å². The van der Waals surface area contributed by atoms with Crippen LogP contribution in [0, 0.1) is 6.92 Å². The molecule has 0 heterocycles. The smallest absolute Gasteiger partial charge is 0.335 e. The molecule has 1 rings (SSSR count). The fourth-order valence-electron chi connectivity index (χ4n) is 1.52. The number of hydrogen-bond acceptors (Lipinski definition) is 4. The predicted octanol–water partition coefficient (Wildman–Crippen LogP) is 2.22.